The molecule has 6 nitrogen and oxygen atoms in total. The van der Waals surface area contributed by atoms with Gasteiger partial charge in [0.1, 0.15) is 0 Å². The maximum Gasteiger partial charge on any atom is 0.442 e. The van der Waals surface area contributed by atoms with Gasteiger partial charge < -0.3 is 5.73 Å². The van der Waals surface area contributed by atoms with Gasteiger partial charge in [-0.3, -0.25) is 13.9 Å². The molecule has 0 aliphatic carbocycles. The maximum atomic E-state index is 11.9. The lowest BCUT2D eigenvalue weighted by atomic mass is 10.1. The van der Waals surface area contributed by atoms with E-state index in [0.717, 1.165) is 5.56 Å². The van der Waals surface area contributed by atoms with E-state index in [1.165, 1.54) is 4.57 Å². The normalized spacial score (nSPS) is 10.7. The van der Waals surface area contributed by atoms with Crippen LogP contribution in [-0.4, -0.2) is 15.6 Å². The van der Waals surface area contributed by atoms with Crippen molar-refractivity contribution in [2.24, 2.45) is 5.73 Å². The largest absolute Gasteiger partial charge is 0.442 e. The first kappa shape index (κ1) is 15.1. The topological polar surface area (TPSA) is 91.1 Å². The van der Waals surface area contributed by atoms with Gasteiger partial charge in [-0.15, -0.1) is 0 Å². The number of hydrogen-bond donors (Lipinski definition) is 1. The molecule has 1 amide bonds. The van der Waals surface area contributed by atoms with Crippen LogP contribution in [0.25, 0.3) is 11.4 Å². The summed E-state index contributed by atoms with van der Waals surface area (Å²) in [4.78, 5) is 23.0. The number of hydrogen-bond acceptors (Lipinski definition) is 4. The highest BCUT2D eigenvalue weighted by Crippen LogP contribution is 2.25. The molecule has 0 bridgehead atoms. The van der Waals surface area contributed by atoms with E-state index in [9.17, 15) is 9.59 Å². The molecular weight excluding hydrogens is 318 g/mol. The molecule has 2 N–H and O–H groups in total. The Morgan fingerprint density at radius 3 is 2.52 bits per heavy atom. The molecule has 116 valence electrons. The lowest BCUT2D eigenvalue weighted by Crippen LogP contribution is -2.16. The number of nitrogens with zero attached hydrogens (tertiary/aromatic N) is 2. The second kappa shape index (κ2) is 6.10. The minimum Gasteiger partial charge on any atom is -0.366 e. The molecule has 23 heavy (non-hydrogen) atoms. The smallest absolute Gasteiger partial charge is 0.366 e. The zero-order valence-electron chi connectivity index (χ0n) is 11.9. The number of nitrogens with two attached hydrogens (primary N) is 1. The van der Waals surface area contributed by atoms with Gasteiger partial charge in [0.15, 0.2) is 5.82 Å². The molecule has 0 atom stereocenters. The fourth-order valence-corrected chi connectivity index (χ4v) is 2.42. The third-order valence-corrected chi connectivity index (χ3v) is 3.71. The number of rotatable bonds is 4. The number of primary amides is 1. The molecule has 0 aliphatic rings. The predicted octanol–water partition coefficient (Wildman–Crippen LogP) is 2.30. The molecule has 2 aromatic carbocycles. The Hall–Kier alpha value is -2.86. The summed E-state index contributed by atoms with van der Waals surface area (Å²) in [5.41, 5.74) is 7.01. The fourth-order valence-electron chi connectivity index (χ4n) is 2.20. The van der Waals surface area contributed by atoms with Crippen LogP contribution in [0, 0.1) is 0 Å². The average Bonchev–Trinajstić information content (AvgIpc) is 2.89. The molecule has 3 rings (SSSR count). The first-order valence-electron chi connectivity index (χ1n) is 6.76. The van der Waals surface area contributed by atoms with E-state index >= 15 is 0 Å². The molecule has 3 aromatic rings. The number of benzene rings is 2. The summed E-state index contributed by atoms with van der Waals surface area (Å²) in [6.45, 7) is 0.238. The Balaban J connectivity index is 1.98. The van der Waals surface area contributed by atoms with Gasteiger partial charge in [-0.25, -0.2) is 4.79 Å². The third-order valence-electron chi connectivity index (χ3n) is 3.38. The number of carbonyl (C=O) groups excluding carboxylic acids is 1. The van der Waals surface area contributed by atoms with E-state index < -0.39 is 11.7 Å². The molecule has 1 heterocycles. The van der Waals surface area contributed by atoms with Crippen LogP contribution in [0.15, 0.2) is 57.8 Å². The van der Waals surface area contributed by atoms with Gasteiger partial charge in [0.05, 0.1) is 11.6 Å². The summed E-state index contributed by atoms with van der Waals surface area (Å²) in [5.74, 6) is -0.742. The van der Waals surface area contributed by atoms with Crippen LogP contribution >= 0.6 is 11.6 Å². The van der Waals surface area contributed by atoms with Crippen molar-refractivity contribution in [1.82, 2.24) is 9.72 Å². The van der Waals surface area contributed by atoms with Gasteiger partial charge >= 0.3 is 5.76 Å². The lowest BCUT2D eigenvalue weighted by molar-refractivity contribution is 0.100. The van der Waals surface area contributed by atoms with E-state index in [1.807, 2.05) is 0 Å². The molecule has 0 spiro atoms. The highest BCUT2D eigenvalue weighted by molar-refractivity contribution is 6.33. The maximum absolute atomic E-state index is 11.9. The summed E-state index contributed by atoms with van der Waals surface area (Å²) < 4.78 is 6.14. The van der Waals surface area contributed by atoms with E-state index in [1.54, 1.807) is 48.5 Å². The summed E-state index contributed by atoms with van der Waals surface area (Å²) in [6.07, 6.45) is 0. The van der Waals surface area contributed by atoms with Gasteiger partial charge in [-0.05, 0) is 29.8 Å². The van der Waals surface area contributed by atoms with Gasteiger partial charge in [0.25, 0.3) is 0 Å². The molecular formula is C16H12ClN3O3. The number of amides is 1. The first-order chi connectivity index (χ1) is 11.1. The van der Waals surface area contributed by atoms with Crippen LogP contribution in [0.1, 0.15) is 15.9 Å². The Kier molecular flexibility index (Phi) is 3.99. The molecule has 0 radical (unpaired) electrons. The summed E-state index contributed by atoms with van der Waals surface area (Å²) in [5, 5.41) is 4.28. The van der Waals surface area contributed by atoms with Crippen molar-refractivity contribution in [2.45, 2.75) is 6.54 Å². The highest BCUT2D eigenvalue weighted by atomic mass is 35.5. The highest BCUT2D eigenvalue weighted by Gasteiger charge is 2.15. The van der Waals surface area contributed by atoms with E-state index in [0.29, 0.717) is 22.0 Å². The Morgan fingerprint density at radius 2 is 1.87 bits per heavy atom. The van der Waals surface area contributed by atoms with Crippen LogP contribution in [0.3, 0.4) is 0 Å². The zero-order valence-corrected chi connectivity index (χ0v) is 12.7. The quantitative estimate of drug-likeness (QED) is 0.795. The van der Waals surface area contributed by atoms with Crippen LogP contribution in [-0.2, 0) is 6.54 Å². The molecule has 0 saturated carbocycles. The van der Waals surface area contributed by atoms with Crippen molar-refractivity contribution in [3.05, 3.63) is 75.2 Å². The SMILES string of the molecule is NC(=O)c1ccc(Cn2c(-c3ccccc3Cl)noc2=O)cc1. The van der Waals surface area contributed by atoms with Crippen molar-refractivity contribution in [3.8, 4) is 11.4 Å². The standard InChI is InChI=1S/C16H12ClN3O3/c17-13-4-2-1-3-12(13)15-19-23-16(22)20(15)9-10-5-7-11(8-6-10)14(18)21/h1-8H,9H2,(H2,18,21). The molecule has 0 unspecified atom stereocenters. The van der Waals surface area contributed by atoms with Crippen molar-refractivity contribution in [3.63, 3.8) is 0 Å². The Morgan fingerprint density at radius 1 is 1.17 bits per heavy atom. The molecule has 7 heteroatoms. The van der Waals surface area contributed by atoms with Crippen LogP contribution in [0.5, 0.6) is 0 Å². The van der Waals surface area contributed by atoms with Gasteiger partial charge in [0.2, 0.25) is 5.91 Å². The Bertz CT molecular complexity index is 913. The van der Waals surface area contributed by atoms with Crippen molar-refractivity contribution < 1.29 is 9.32 Å². The van der Waals surface area contributed by atoms with E-state index in [-0.39, 0.29) is 6.54 Å². The Labute approximate surface area is 136 Å². The first-order valence-corrected chi connectivity index (χ1v) is 7.14. The van der Waals surface area contributed by atoms with Gasteiger partial charge in [-0.1, -0.05) is 41.0 Å². The van der Waals surface area contributed by atoms with E-state index in [4.69, 9.17) is 21.9 Å². The van der Waals surface area contributed by atoms with Gasteiger partial charge in [-0.2, -0.15) is 0 Å². The van der Waals surface area contributed by atoms with Gasteiger partial charge in [0, 0.05) is 11.1 Å². The summed E-state index contributed by atoms with van der Waals surface area (Å²) in [6, 6.07) is 13.7. The molecule has 0 fully saturated rings. The minimum atomic E-state index is -0.584. The third kappa shape index (κ3) is 3.02. The lowest BCUT2D eigenvalue weighted by Gasteiger charge is -2.06. The molecule has 0 aliphatic heterocycles. The van der Waals surface area contributed by atoms with Crippen molar-refractivity contribution in [1.29, 1.82) is 0 Å². The number of aromatic nitrogens is 2. The molecule has 1 aromatic heterocycles. The second-order valence-electron chi connectivity index (χ2n) is 4.90. The van der Waals surface area contributed by atoms with Crippen LogP contribution in [0.2, 0.25) is 5.02 Å². The molecule has 0 saturated heterocycles. The monoisotopic (exact) mass is 329 g/mol. The fraction of sp³-hybridized carbons (Fsp3) is 0.0625. The van der Waals surface area contributed by atoms with Crippen molar-refractivity contribution >= 4 is 17.5 Å². The zero-order chi connectivity index (χ0) is 16.4. The minimum absolute atomic E-state index is 0.238. The van der Waals surface area contributed by atoms with E-state index in [2.05, 4.69) is 5.16 Å². The second-order valence-corrected chi connectivity index (χ2v) is 5.31. The summed E-state index contributed by atoms with van der Waals surface area (Å²) in [7, 11) is 0. The number of carbonyl (C=O) groups is 1. The average molecular weight is 330 g/mol. The number of halogens is 1. The van der Waals surface area contributed by atoms with Crippen molar-refractivity contribution in [2.75, 3.05) is 0 Å². The summed E-state index contributed by atoms with van der Waals surface area (Å²) >= 11 is 6.15. The van der Waals surface area contributed by atoms with Crippen LogP contribution < -0.4 is 11.5 Å². The van der Waals surface area contributed by atoms with Crippen LogP contribution in [0.4, 0.5) is 0 Å². The predicted molar refractivity (Wildman–Crippen MR) is 85.3 cm³/mol.